The zero-order valence-electron chi connectivity index (χ0n) is 10.1. The number of carbonyl (C=O) groups excluding carboxylic acids is 1. The number of benzene rings is 1. The molecule has 0 heterocycles. The highest BCUT2D eigenvalue weighted by molar-refractivity contribution is 5.70. The third-order valence-corrected chi connectivity index (χ3v) is 2.60. The fourth-order valence-corrected chi connectivity index (χ4v) is 1.91. The monoisotopic (exact) mass is 221 g/mol. The predicted molar refractivity (Wildman–Crippen MR) is 64.1 cm³/mol. The number of hydrogen-bond acceptors (Lipinski definition) is 3. The minimum absolute atomic E-state index is 0.236. The van der Waals surface area contributed by atoms with Gasteiger partial charge in [-0.3, -0.25) is 4.79 Å². The molecule has 0 saturated heterocycles. The van der Waals surface area contributed by atoms with Crippen LogP contribution in [-0.4, -0.2) is 12.6 Å². The van der Waals surface area contributed by atoms with Crippen LogP contribution in [0.2, 0.25) is 0 Å². The van der Waals surface area contributed by atoms with Crippen LogP contribution in [-0.2, 0) is 9.53 Å². The van der Waals surface area contributed by atoms with Gasteiger partial charge in [-0.15, -0.1) is 0 Å². The predicted octanol–water partition coefficient (Wildman–Crippen LogP) is 2.26. The first-order valence-electron chi connectivity index (χ1n) is 5.53. The van der Waals surface area contributed by atoms with Gasteiger partial charge in [0.25, 0.3) is 0 Å². The molecule has 0 radical (unpaired) electrons. The Morgan fingerprint density at radius 2 is 1.94 bits per heavy atom. The van der Waals surface area contributed by atoms with Crippen molar-refractivity contribution in [1.29, 1.82) is 0 Å². The van der Waals surface area contributed by atoms with Crippen LogP contribution < -0.4 is 5.73 Å². The molecule has 1 rings (SSSR count). The molecule has 0 aromatic heterocycles. The third-order valence-electron chi connectivity index (χ3n) is 2.60. The Kier molecular flexibility index (Phi) is 4.50. The molecule has 0 aliphatic carbocycles. The van der Waals surface area contributed by atoms with Crippen molar-refractivity contribution in [1.82, 2.24) is 0 Å². The zero-order valence-corrected chi connectivity index (χ0v) is 10.1. The highest BCUT2D eigenvalue weighted by atomic mass is 16.5. The average molecular weight is 221 g/mol. The molecule has 2 N–H and O–H groups in total. The van der Waals surface area contributed by atoms with Crippen LogP contribution in [0, 0.1) is 13.8 Å². The largest absolute Gasteiger partial charge is 0.466 e. The number of nitrogens with two attached hydrogens (primary N) is 1. The summed E-state index contributed by atoms with van der Waals surface area (Å²) in [5.74, 6) is -0.238. The van der Waals surface area contributed by atoms with E-state index in [1.807, 2.05) is 32.0 Å². The van der Waals surface area contributed by atoms with Crippen molar-refractivity contribution in [2.75, 3.05) is 6.61 Å². The Balaban J connectivity index is 2.80. The zero-order chi connectivity index (χ0) is 12.1. The fraction of sp³-hybridized carbons (Fsp3) is 0.462. The van der Waals surface area contributed by atoms with E-state index in [-0.39, 0.29) is 18.4 Å². The van der Waals surface area contributed by atoms with Gasteiger partial charge in [0.15, 0.2) is 0 Å². The first-order chi connectivity index (χ1) is 7.56. The van der Waals surface area contributed by atoms with E-state index in [2.05, 4.69) is 0 Å². The molecule has 0 bridgehead atoms. The summed E-state index contributed by atoms with van der Waals surface area (Å²) in [5, 5.41) is 0. The van der Waals surface area contributed by atoms with E-state index in [1.54, 1.807) is 6.92 Å². The van der Waals surface area contributed by atoms with Crippen molar-refractivity contribution in [2.45, 2.75) is 33.2 Å². The second-order valence-electron chi connectivity index (χ2n) is 3.92. The molecule has 16 heavy (non-hydrogen) atoms. The van der Waals surface area contributed by atoms with Crippen LogP contribution in [0.25, 0.3) is 0 Å². The van der Waals surface area contributed by atoms with E-state index >= 15 is 0 Å². The van der Waals surface area contributed by atoms with Gasteiger partial charge in [0.05, 0.1) is 13.0 Å². The van der Waals surface area contributed by atoms with Gasteiger partial charge < -0.3 is 10.5 Å². The molecular formula is C13H19NO2. The Labute approximate surface area is 96.6 Å². The Bertz CT molecular complexity index is 354. The Morgan fingerprint density at radius 3 is 2.44 bits per heavy atom. The minimum Gasteiger partial charge on any atom is -0.466 e. The molecule has 1 atom stereocenters. The molecular weight excluding hydrogens is 202 g/mol. The summed E-state index contributed by atoms with van der Waals surface area (Å²) in [5.41, 5.74) is 9.32. The van der Waals surface area contributed by atoms with Crippen LogP contribution in [0.1, 0.15) is 36.1 Å². The molecule has 0 aliphatic heterocycles. The van der Waals surface area contributed by atoms with E-state index in [0.717, 1.165) is 16.7 Å². The van der Waals surface area contributed by atoms with Gasteiger partial charge in [0, 0.05) is 6.04 Å². The lowest BCUT2D eigenvalue weighted by molar-refractivity contribution is -0.143. The summed E-state index contributed by atoms with van der Waals surface area (Å²) in [4.78, 5) is 11.3. The van der Waals surface area contributed by atoms with E-state index in [4.69, 9.17) is 10.5 Å². The van der Waals surface area contributed by atoms with Crippen LogP contribution in [0.15, 0.2) is 18.2 Å². The third kappa shape index (κ3) is 3.07. The molecule has 0 spiro atoms. The maximum atomic E-state index is 11.3. The molecule has 3 nitrogen and oxygen atoms in total. The first-order valence-corrected chi connectivity index (χ1v) is 5.53. The summed E-state index contributed by atoms with van der Waals surface area (Å²) in [6, 6.07) is 5.73. The maximum absolute atomic E-state index is 11.3. The van der Waals surface area contributed by atoms with Crippen LogP contribution in [0.4, 0.5) is 0 Å². The quantitative estimate of drug-likeness (QED) is 0.793. The molecule has 3 heteroatoms. The van der Waals surface area contributed by atoms with Crippen molar-refractivity contribution in [2.24, 2.45) is 5.73 Å². The minimum atomic E-state index is -0.278. The molecule has 1 unspecified atom stereocenters. The van der Waals surface area contributed by atoms with Gasteiger partial charge in [0.1, 0.15) is 0 Å². The molecule has 0 saturated carbocycles. The molecule has 88 valence electrons. The maximum Gasteiger partial charge on any atom is 0.307 e. The number of hydrogen-bond donors (Lipinski definition) is 1. The second kappa shape index (κ2) is 5.66. The average Bonchev–Trinajstić information content (AvgIpc) is 2.17. The van der Waals surface area contributed by atoms with Crippen molar-refractivity contribution in [3.05, 3.63) is 34.9 Å². The normalized spacial score (nSPS) is 12.2. The highest BCUT2D eigenvalue weighted by Crippen LogP contribution is 2.22. The molecule has 1 aromatic rings. The van der Waals surface area contributed by atoms with Crippen LogP contribution >= 0.6 is 0 Å². The number of carbonyl (C=O) groups is 1. The summed E-state index contributed by atoms with van der Waals surface area (Å²) >= 11 is 0. The highest BCUT2D eigenvalue weighted by Gasteiger charge is 2.15. The lowest BCUT2D eigenvalue weighted by Gasteiger charge is -2.16. The van der Waals surface area contributed by atoms with E-state index in [9.17, 15) is 4.79 Å². The Morgan fingerprint density at radius 1 is 1.38 bits per heavy atom. The van der Waals surface area contributed by atoms with Gasteiger partial charge in [-0.25, -0.2) is 0 Å². The summed E-state index contributed by atoms with van der Waals surface area (Å²) in [6.45, 7) is 6.21. The van der Waals surface area contributed by atoms with E-state index < -0.39 is 0 Å². The van der Waals surface area contributed by atoms with Crippen molar-refractivity contribution >= 4 is 5.97 Å². The van der Waals surface area contributed by atoms with Crippen molar-refractivity contribution in [3.8, 4) is 0 Å². The summed E-state index contributed by atoms with van der Waals surface area (Å²) < 4.78 is 4.89. The summed E-state index contributed by atoms with van der Waals surface area (Å²) in [7, 11) is 0. The van der Waals surface area contributed by atoms with Crippen molar-refractivity contribution in [3.63, 3.8) is 0 Å². The van der Waals surface area contributed by atoms with Crippen LogP contribution in [0.3, 0.4) is 0 Å². The van der Waals surface area contributed by atoms with Crippen LogP contribution in [0.5, 0.6) is 0 Å². The number of esters is 1. The molecule has 1 aromatic carbocycles. The standard InChI is InChI=1S/C13H19NO2/c1-4-16-12(15)8-11(14)13-9(2)6-5-7-10(13)3/h5-7,11H,4,8,14H2,1-3H3. The topological polar surface area (TPSA) is 52.3 Å². The number of aryl methyl sites for hydroxylation is 2. The number of rotatable bonds is 4. The number of ether oxygens (including phenoxy) is 1. The van der Waals surface area contributed by atoms with Gasteiger partial charge in [-0.2, -0.15) is 0 Å². The smallest absolute Gasteiger partial charge is 0.307 e. The van der Waals surface area contributed by atoms with E-state index in [0.29, 0.717) is 6.61 Å². The van der Waals surface area contributed by atoms with Crippen molar-refractivity contribution < 1.29 is 9.53 Å². The lowest BCUT2D eigenvalue weighted by atomic mass is 9.95. The molecule has 0 amide bonds. The molecule has 0 fully saturated rings. The second-order valence-corrected chi connectivity index (χ2v) is 3.92. The lowest BCUT2D eigenvalue weighted by Crippen LogP contribution is -2.19. The van der Waals surface area contributed by atoms with E-state index in [1.165, 1.54) is 0 Å². The summed E-state index contributed by atoms with van der Waals surface area (Å²) in [6.07, 6.45) is 0.236. The molecule has 0 aliphatic rings. The fourth-order valence-electron chi connectivity index (χ4n) is 1.91. The van der Waals surface area contributed by atoms with Gasteiger partial charge in [0.2, 0.25) is 0 Å². The van der Waals surface area contributed by atoms with Gasteiger partial charge >= 0.3 is 5.97 Å². The Hall–Kier alpha value is -1.35. The first kappa shape index (κ1) is 12.7. The van der Waals surface area contributed by atoms with Gasteiger partial charge in [-0.05, 0) is 37.5 Å². The van der Waals surface area contributed by atoms with Gasteiger partial charge in [-0.1, -0.05) is 18.2 Å². The SMILES string of the molecule is CCOC(=O)CC(N)c1c(C)cccc1C.